The van der Waals surface area contributed by atoms with Crippen LogP contribution in [0.2, 0.25) is 0 Å². The molecule has 0 aromatic carbocycles. The molecule has 82 valence electrons. The molecule has 0 bridgehead atoms. The first-order chi connectivity index (χ1) is 6.69. The number of hydrogen-bond donors (Lipinski definition) is 0. The summed E-state index contributed by atoms with van der Waals surface area (Å²) in [5.41, 5.74) is 0. The van der Waals surface area contributed by atoms with Crippen LogP contribution in [0, 0.1) is 5.92 Å². The fourth-order valence-corrected chi connectivity index (χ4v) is 2.24. The topological polar surface area (TPSA) is 20.3 Å². The third kappa shape index (κ3) is 2.81. The summed E-state index contributed by atoms with van der Waals surface area (Å²) in [5.74, 6) is 0.829. The van der Waals surface area contributed by atoms with Crippen LogP contribution in [0.1, 0.15) is 46.5 Å². The van der Waals surface area contributed by atoms with Gasteiger partial charge in [0.05, 0.1) is 0 Å². The second-order valence-electron chi connectivity index (χ2n) is 4.40. The number of ketones is 1. The molecule has 2 nitrogen and oxygen atoms in total. The SMILES string of the molecule is CCC(C)N(CC)CC1CCCC1=O. The van der Waals surface area contributed by atoms with Gasteiger partial charge in [0.1, 0.15) is 5.78 Å². The van der Waals surface area contributed by atoms with E-state index in [1.54, 1.807) is 0 Å². The number of carbonyl (C=O) groups excluding carboxylic acids is 1. The van der Waals surface area contributed by atoms with Crippen molar-refractivity contribution in [3.05, 3.63) is 0 Å². The van der Waals surface area contributed by atoms with Gasteiger partial charge in [-0.3, -0.25) is 4.79 Å². The van der Waals surface area contributed by atoms with E-state index >= 15 is 0 Å². The standard InChI is InChI=1S/C12H23NO/c1-4-10(3)13(5-2)9-11-7-6-8-12(11)14/h10-11H,4-9H2,1-3H3. The highest BCUT2D eigenvalue weighted by atomic mass is 16.1. The second kappa shape index (κ2) is 5.50. The van der Waals surface area contributed by atoms with E-state index in [1.165, 1.54) is 6.42 Å². The van der Waals surface area contributed by atoms with Crippen molar-refractivity contribution in [1.29, 1.82) is 0 Å². The third-order valence-electron chi connectivity index (χ3n) is 3.51. The molecule has 0 spiro atoms. The van der Waals surface area contributed by atoms with Gasteiger partial charge < -0.3 is 4.90 Å². The van der Waals surface area contributed by atoms with Crippen LogP contribution in [0.4, 0.5) is 0 Å². The van der Waals surface area contributed by atoms with Crippen LogP contribution in [0.25, 0.3) is 0 Å². The van der Waals surface area contributed by atoms with Crippen molar-refractivity contribution in [3.63, 3.8) is 0 Å². The quantitative estimate of drug-likeness (QED) is 0.675. The number of hydrogen-bond acceptors (Lipinski definition) is 2. The fourth-order valence-electron chi connectivity index (χ4n) is 2.24. The Balaban J connectivity index is 2.43. The van der Waals surface area contributed by atoms with E-state index in [-0.39, 0.29) is 0 Å². The van der Waals surface area contributed by atoms with E-state index in [4.69, 9.17) is 0 Å². The lowest BCUT2D eigenvalue weighted by Gasteiger charge is -2.29. The number of Topliss-reactive ketones (excluding diaryl/α,β-unsaturated/α-hetero) is 1. The van der Waals surface area contributed by atoms with Gasteiger partial charge in [-0.2, -0.15) is 0 Å². The molecule has 0 saturated heterocycles. The van der Waals surface area contributed by atoms with Crippen molar-refractivity contribution >= 4 is 5.78 Å². The van der Waals surface area contributed by atoms with Crippen LogP contribution in [0.5, 0.6) is 0 Å². The van der Waals surface area contributed by atoms with E-state index < -0.39 is 0 Å². The minimum Gasteiger partial charge on any atom is -0.300 e. The molecule has 0 N–H and O–H groups in total. The Bertz CT molecular complexity index is 191. The van der Waals surface area contributed by atoms with Gasteiger partial charge in [-0.1, -0.05) is 13.8 Å². The molecule has 1 aliphatic rings. The molecular weight excluding hydrogens is 174 g/mol. The molecule has 0 aliphatic heterocycles. The predicted octanol–water partition coefficient (Wildman–Crippen LogP) is 2.48. The first-order valence-corrected chi connectivity index (χ1v) is 5.95. The molecule has 0 aromatic rings. The Kier molecular flexibility index (Phi) is 4.59. The molecule has 0 amide bonds. The van der Waals surface area contributed by atoms with Crippen LogP contribution in [-0.4, -0.2) is 29.8 Å². The molecule has 0 radical (unpaired) electrons. The number of rotatable bonds is 5. The van der Waals surface area contributed by atoms with Gasteiger partial charge in [-0.05, 0) is 32.7 Å². The number of nitrogens with zero attached hydrogens (tertiary/aromatic N) is 1. The maximum absolute atomic E-state index is 11.5. The average molecular weight is 197 g/mol. The summed E-state index contributed by atoms with van der Waals surface area (Å²) >= 11 is 0. The van der Waals surface area contributed by atoms with Crippen molar-refractivity contribution in [2.24, 2.45) is 5.92 Å². The van der Waals surface area contributed by atoms with E-state index in [2.05, 4.69) is 25.7 Å². The Labute approximate surface area is 87.7 Å². The average Bonchev–Trinajstić information content (AvgIpc) is 2.59. The lowest BCUT2D eigenvalue weighted by molar-refractivity contribution is -0.121. The van der Waals surface area contributed by atoms with Crippen molar-refractivity contribution < 1.29 is 4.79 Å². The van der Waals surface area contributed by atoms with Crippen LogP contribution in [0.3, 0.4) is 0 Å². The molecule has 1 fully saturated rings. The summed E-state index contributed by atoms with van der Waals surface area (Å²) < 4.78 is 0. The minimum atomic E-state index is 0.337. The van der Waals surface area contributed by atoms with Gasteiger partial charge in [0.25, 0.3) is 0 Å². The fraction of sp³-hybridized carbons (Fsp3) is 0.917. The third-order valence-corrected chi connectivity index (χ3v) is 3.51. The highest BCUT2D eigenvalue weighted by molar-refractivity contribution is 5.83. The minimum absolute atomic E-state index is 0.337. The smallest absolute Gasteiger partial charge is 0.137 e. The van der Waals surface area contributed by atoms with Crippen molar-refractivity contribution in [1.82, 2.24) is 4.90 Å². The Morgan fingerprint density at radius 3 is 2.64 bits per heavy atom. The summed E-state index contributed by atoms with van der Waals surface area (Å²) in [5, 5.41) is 0. The summed E-state index contributed by atoms with van der Waals surface area (Å²) in [6.07, 6.45) is 4.23. The molecule has 14 heavy (non-hydrogen) atoms. The molecule has 1 aliphatic carbocycles. The van der Waals surface area contributed by atoms with E-state index in [0.29, 0.717) is 17.7 Å². The van der Waals surface area contributed by atoms with Gasteiger partial charge in [-0.25, -0.2) is 0 Å². The zero-order valence-corrected chi connectivity index (χ0v) is 9.75. The Morgan fingerprint density at radius 2 is 2.21 bits per heavy atom. The van der Waals surface area contributed by atoms with Crippen LogP contribution in [-0.2, 0) is 4.79 Å². The lowest BCUT2D eigenvalue weighted by Crippen LogP contribution is -2.37. The summed E-state index contributed by atoms with van der Waals surface area (Å²) in [6, 6.07) is 0.619. The highest BCUT2D eigenvalue weighted by Crippen LogP contribution is 2.23. The van der Waals surface area contributed by atoms with Gasteiger partial charge >= 0.3 is 0 Å². The molecule has 1 rings (SSSR count). The first-order valence-electron chi connectivity index (χ1n) is 5.95. The molecule has 0 aromatic heterocycles. The van der Waals surface area contributed by atoms with Crippen LogP contribution >= 0.6 is 0 Å². The van der Waals surface area contributed by atoms with E-state index in [1.807, 2.05) is 0 Å². The first kappa shape index (κ1) is 11.7. The van der Waals surface area contributed by atoms with Crippen molar-refractivity contribution in [3.8, 4) is 0 Å². The molecule has 2 unspecified atom stereocenters. The zero-order chi connectivity index (χ0) is 10.6. The summed E-state index contributed by atoms with van der Waals surface area (Å²) in [7, 11) is 0. The summed E-state index contributed by atoms with van der Waals surface area (Å²) in [4.78, 5) is 13.9. The number of carbonyl (C=O) groups is 1. The highest BCUT2D eigenvalue weighted by Gasteiger charge is 2.26. The molecule has 0 heterocycles. The van der Waals surface area contributed by atoms with Gasteiger partial charge in [0.2, 0.25) is 0 Å². The maximum Gasteiger partial charge on any atom is 0.137 e. The molecule has 2 atom stereocenters. The lowest BCUT2D eigenvalue weighted by atomic mass is 10.1. The van der Waals surface area contributed by atoms with Gasteiger partial charge in [0, 0.05) is 24.9 Å². The zero-order valence-electron chi connectivity index (χ0n) is 9.75. The van der Waals surface area contributed by atoms with E-state index in [0.717, 1.165) is 32.4 Å². The second-order valence-corrected chi connectivity index (χ2v) is 4.40. The monoisotopic (exact) mass is 197 g/mol. The maximum atomic E-state index is 11.5. The van der Waals surface area contributed by atoms with Crippen molar-refractivity contribution in [2.75, 3.05) is 13.1 Å². The van der Waals surface area contributed by atoms with Crippen molar-refractivity contribution in [2.45, 2.75) is 52.5 Å². The Hall–Kier alpha value is -0.370. The predicted molar refractivity (Wildman–Crippen MR) is 59.3 cm³/mol. The van der Waals surface area contributed by atoms with E-state index in [9.17, 15) is 4.79 Å². The van der Waals surface area contributed by atoms with Crippen LogP contribution < -0.4 is 0 Å². The van der Waals surface area contributed by atoms with Crippen LogP contribution in [0.15, 0.2) is 0 Å². The largest absolute Gasteiger partial charge is 0.300 e. The molecular formula is C12H23NO. The molecule has 1 saturated carbocycles. The summed E-state index contributed by atoms with van der Waals surface area (Å²) in [6.45, 7) is 8.71. The van der Waals surface area contributed by atoms with Gasteiger partial charge in [-0.15, -0.1) is 0 Å². The normalized spacial score (nSPS) is 24.6. The Morgan fingerprint density at radius 1 is 1.50 bits per heavy atom. The van der Waals surface area contributed by atoms with Gasteiger partial charge in [0.15, 0.2) is 0 Å². The molecule has 2 heteroatoms.